The Bertz CT molecular complexity index is 1030. The number of fused-ring (bicyclic) bond motifs is 1. The SMILES string of the molecule is COc1cccc(-c2nnc3ccc(OCCNS(=O)(=O)C(C)C)nn23)c1. The van der Waals surface area contributed by atoms with Crippen LogP contribution in [-0.2, 0) is 10.0 Å². The lowest BCUT2D eigenvalue weighted by Crippen LogP contribution is -2.33. The first-order chi connectivity index (χ1) is 12.9. The number of ether oxygens (including phenoxy) is 2. The lowest BCUT2D eigenvalue weighted by Gasteiger charge is -2.10. The molecule has 0 fully saturated rings. The molecular formula is C17H21N5O4S. The number of nitrogens with one attached hydrogen (secondary N) is 1. The van der Waals surface area contributed by atoms with Gasteiger partial charge in [-0.2, -0.15) is 4.52 Å². The third-order valence-corrected chi connectivity index (χ3v) is 5.69. The number of hydrogen-bond donors (Lipinski definition) is 1. The van der Waals surface area contributed by atoms with Gasteiger partial charge in [0.25, 0.3) is 0 Å². The van der Waals surface area contributed by atoms with Crippen LogP contribution < -0.4 is 14.2 Å². The van der Waals surface area contributed by atoms with Crippen LogP contribution in [0.5, 0.6) is 11.6 Å². The van der Waals surface area contributed by atoms with E-state index in [-0.39, 0.29) is 13.2 Å². The van der Waals surface area contributed by atoms with Gasteiger partial charge in [0.1, 0.15) is 12.4 Å². The molecule has 27 heavy (non-hydrogen) atoms. The van der Waals surface area contributed by atoms with Crippen LogP contribution in [0.3, 0.4) is 0 Å². The monoisotopic (exact) mass is 391 g/mol. The summed E-state index contributed by atoms with van der Waals surface area (Å²) < 4.78 is 38.3. The molecule has 0 bridgehead atoms. The molecule has 0 saturated carbocycles. The minimum absolute atomic E-state index is 0.154. The quantitative estimate of drug-likeness (QED) is 0.580. The van der Waals surface area contributed by atoms with E-state index in [1.54, 1.807) is 37.6 Å². The third-order valence-electron chi connectivity index (χ3n) is 3.84. The molecule has 0 unspecified atom stereocenters. The summed E-state index contributed by atoms with van der Waals surface area (Å²) in [6, 6.07) is 10.8. The highest BCUT2D eigenvalue weighted by Crippen LogP contribution is 2.23. The van der Waals surface area contributed by atoms with Crippen LogP contribution in [0.15, 0.2) is 36.4 Å². The van der Waals surface area contributed by atoms with Crippen molar-refractivity contribution in [2.75, 3.05) is 20.3 Å². The van der Waals surface area contributed by atoms with Crippen molar-refractivity contribution in [3.05, 3.63) is 36.4 Å². The van der Waals surface area contributed by atoms with E-state index in [0.29, 0.717) is 23.1 Å². The van der Waals surface area contributed by atoms with Gasteiger partial charge in [0.15, 0.2) is 11.5 Å². The van der Waals surface area contributed by atoms with Gasteiger partial charge in [0.05, 0.1) is 12.4 Å². The number of benzene rings is 1. The van der Waals surface area contributed by atoms with E-state index in [1.807, 2.05) is 24.3 Å². The third kappa shape index (κ3) is 4.34. The van der Waals surface area contributed by atoms with Crippen molar-refractivity contribution in [3.8, 4) is 23.0 Å². The van der Waals surface area contributed by atoms with Gasteiger partial charge in [-0.25, -0.2) is 13.1 Å². The van der Waals surface area contributed by atoms with E-state index in [2.05, 4.69) is 20.0 Å². The maximum absolute atomic E-state index is 11.7. The Morgan fingerprint density at radius 3 is 2.74 bits per heavy atom. The van der Waals surface area contributed by atoms with Crippen LogP contribution in [0.2, 0.25) is 0 Å². The van der Waals surface area contributed by atoms with Crippen molar-refractivity contribution < 1.29 is 17.9 Å². The van der Waals surface area contributed by atoms with Crippen LogP contribution in [0.1, 0.15) is 13.8 Å². The first-order valence-corrected chi connectivity index (χ1v) is 9.93. The minimum atomic E-state index is -3.32. The lowest BCUT2D eigenvalue weighted by atomic mass is 10.2. The fourth-order valence-corrected chi connectivity index (χ4v) is 3.00. The highest BCUT2D eigenvalue weighted by atomic mass is 32.2. The molecule has 0 aliphatic rings. The molecule has 1 N–H and O–H groups in total. The second kappa shape index (κ2) is 7.89. The zero-order valence-corrected chi connectivity index (χ0v) is 16.1. The second-order valence-electron chi connectivity index (χ2n) is 6.03. The van der Waals surface area contributed by atoms with Gasteiger partial charge in [-0.15, -0.1) is 15.3 Å². The van der Waals surface area contributed by atoms with Crippen LogP contribution in [0.25, 0.3) is 17.0 Å². The Balaban J connectivity index is 1.75. The highest BCUT2D eigenvalue weighted by Gasteiger charge is 2.15. The molecule has 3 rings (SSSR count). The molecule has 2 aromatic heterocycles. The molecule has 0 saturated heterocycles. The number of sulfonamides is 1. The second-order valence-corrected chi connectivity index (χ2v) is 8.36. The van der Waals surface area contributed by atoms with E-state index in [9.17, 15) is 8.42 Å². The number of methoxy groups -OCH3 is 1. The van der Waals surface area contributed by atoms with Gasteiger partial charge in [-0.1, -0.05) is 12.1 Å². The molecule has 0 spiro atoms. The van der Waals surface area contributed by atoms with E-state index in [0.717, 1.165) is 5.56 Å². The Labute approximate surface area is 157 Å². The summed E-state index contributed by atoms with van der Waals surface area (Å²) in [5.74, 6) is 1.60. The van der Waals surface area contributed by atoms with E-state index in [1.165, 1.54) is 0 Å². The topological polar surface area (TPSA) is 108 Å². The maximum atomic E-state index is 11.7. The van der Waals surface area contributed by atoms with Crippen LogP contribution >= 0.6 is 0 Å². The van der Waals surface area contributed by atoms with Gasteiger partial charge < -0.3 is 9.47 Å². The fourth-order valence-electron chi connectivity index (χ4n) is 2.30. The summed E-state index contributed by atoms with van der Waals surface area (Å²) in [5, 5.41) is 12.2. The molecule has 0 aliphatic carbocycles. The Kier molecular flexibility index (Phi) is 5.57. The van der Waals surface area contributed by atoms with Gasteiger partial charge >= 0.3 is 0 Å². The summed E-state index contributed by atoms with van der Waals surface area (Å²) in [5.41, 5.74) is 1.37. The normalized spacial score (nSPS) is 11.9. The molecule has 144 valence electrons. The zero-order valence-electron chi connectivity index (χ0n) is 15.3. The van der Waals surface area contributed by atoms with Gasteiger partial charge in [0, 0.05) is 18.2 Å². The van der Waals surface area contributed by atoms with E-state index < -0.39 is 15.3 Å². The predicted molar refractivity (Wildman–Crippen MR) is 100 cm³/mol. The van der Waals surface area contributed by atoms with Crippen molar-refractivity contribution >= 4 is 15.7 Å². The molecule has 0 radical (unpaired) electrons. The molecule has 0 amide bonds. The molecule has 3 aromatic rings. The summed E-state index contributed by atoms with van der Waals surface area (Å²) in [6.07, 6.45) is 0. The van der Waals surface area contributed by atoms with Crippen molar-refractivity contribution in [3.63, 3.8) is 0 Å². The number of rotatable bonds is 8. The maximum Gasteiger partial charge on any atom is 0.231 e. The highest BCUT2D eigenvalue weighted by molar-refractivity contribution is 7.90. The molecule has 0 atom stereocenters. The van der Waals surface area contributed by atoms with Crippen molar-refractivity contribution in [2.24, 2.45) is 0 Å². The van der Waals surface area contributed by atoms with E-state index >= 15 is 0 Å². The first kappa shape index (κ1) is 19.1. The average molecular weight is 391 g/mol. The smallest absolute Gasteiger partial charge is 0.231 e. The van der Waals surface area contributed by atoms with Crippen LogP contribution in [0, 0.1) is 0 Å². The number of nitrogens with zero attached hydrogens (tertiary/aromatic N) is 4. The van der Waals surface area contributed by atoms with Crippen molar-refractivity contribution in [1.82, 2.24) is 24.5 Å². The van der Waals surface area contributed by atoms with Gasteiger partial charge in [-0.3, -0.25) is 0 Å². The molecular weight excluding hydrogens is 370 g/mol. The first-order valence-electron chi connectivity index (χ1n) is 8.39. The summed E-state index contributed by atoms with van der Waals surface area (Å²) in [6.45, 7) is 3.54. The van der Waals surface area contributed by atoms with Gasteiger partial charge in [0.2, 0.25) is 15.9 Å². The molecule has 9 nitrogen and oxygen atoms in total. The van der Waals surface area contributed by atoms with Crippen LogP contribution in [0.4, 0.5) is 0 Å². The van der Waals surface area contributed by atoms with Crippen molar-refractivity contribution in [2.45, 2.75) is 19.1 Å². The van der Waals surface area contributed by atoms with Crippen molar-refractivity contribution in [1.29, 1.82) is 0 Å². The molecule has 0 aliphatic heterocycles. The Hall–Kier alpha value is -2.72. The summed E-state index contributed by atoms with van der Waals surface area (Å²) >= 11 is 0. The molecule has 10 heteroatoms. The van der Waals surface area contributed by atoms with Gasteiger partial charge in [-0.05, 0) is 32.0 Å². The Morgan fingerprint density at radius 2 is 2.00 bits per heavy atom. The van der Waals surface area contributed by atoms with E-state index in [4.69, 9.17) is 9.47 Å². The minimum Gasteiger partial charge on any atom is -0.497 e. The fraction of sp³-hybridized carbons (Fsp3) is 0.353. The standard InChI is InChI=1S/C17H21N5O4S/c1-12(2)27(23,24)18-9-10-26-16-8-7-15-19-20-17(22(15)21-16)13-5-4-6-14(11-13)25-3/h4-8,11-12,18H,9-10H2,1-3H3. The zero-order chi connectivity index (χ0) is 19.4. The Morgan fingerprint density at radius 1 is 1.19 bits per heavy atom. The summed E-state index contributed by atoms with van der Waals surface area (Å²) in [7, 11) is -1.72. The average Bonchev–Trinajstić information content (AvgIpc) is 3.08. The van der Waals surface area contributed by atoms with Crippen LogP contribution in [-0.4, -0.2) is 53.7 Å². The largest absolute Gasteiger partial charge is 0.497 e. The molecule has 2 heterocycles. The predicted octanol–water partition coefficient (Wildman–Crippen LogP) is 1.51. The number of hydrogen-bond acceptors (Lipinski definition) is 7. The summed E-state index contributed by atoms with van der Waals surface area (Å²) in [4.78, 5) is 0. The lowest BCUT2D eigenvalue weighted by molar-refractivity contribution is 0.305. The molecule has 1 aromatic carbocycles. The number of aromatic nitrogens is 4.